The first kappa shape index (κ1) is 17.5. The molecule has 2 atom stereocenters. The van der Waals surface area contributed by atoms with Gasteiger partial charge in [-0.3, -0.25) is 9.69 Å². The Kier molecular flexibility index (Phi) is 5.72. The third-order valence-corrected chi connectivity index (χ3v) is 4.45. The molecular formula is C17H24N6O2. The van der Waals surface area contributed by atoms with Crippen molar-refractivity contribution in [3.8, 4) is 0 Å². The van der Waals surface area contributed by atoms with Gasteiger partial charge in [0.1, 0.15) is 12.4 Å². The van der Waals surface area contributed by atoms with Crippen molar-refractivity contribution in [2.45, 2.75) is 25.5 Å². The van der Waals surface area contributed by atoms with Crippen molar-refractivity contribution < 1.29 is 9.90 Å². The predicted molar refractivity (Wildman–Crippen MR) is 91.7 cm³/mol. The molecule has 0 aliphatic carbocycles. The Labute approximate surface area is 147 Å². The fourth-order valence-electron chi connectivity index (χ4n) is 3.18. The maximum absolute atomic E-state index is 13.1. The summed E-state index contributed by atoms with van der Waals surface area (Å²) in [6.45, 7) is 5.26. The first-order valence-electron chi connectivity index (χ1n) is 8.59. The zero-order valence-electron chi connectivity index (χ0n) is 14.4. The van der Waals surface area contributed by atoms with Gasteiger partial charge in [0.2, 0.25) is 5.91 Å². The van der Waals surface area contributed by atoms with Crippen LogP contribution in [0.1, 0.15) is 18.5 Å². The number of nitrogens with zero attached hydrogens (tertiary/aromatic N) is 6. The Bertz CT molecular complexity index is 653. The fourth-order valence-corrected chi connectivity index (χ4v) is 3.18. The van der Waals surface area contributed by atoms with Crippen molar-refractivity contribution in [2.24, 2.45) is 0 Å². The van der Waals surface area contributed by atoms with E-state index in [2.05, 4.69) is 20.4 Å². The number of hydrogen-bond donors (Lipinski definition) is 1. The third-order valence-electron chi connectivity index (χ3n) is 4.45. The largest absolute Gasteiger partial charge is 0.392 e. The second-order valence-electron chi connectivity index (χ2n) is 6.47. The fraction of sp³-hybridized carbons (Fsp3) is 0.529. The number of rotatable bonds is 6. The van der Waals surface area contributed by atoms with Crippen LogP contribution in [0.4, 0.5) is 0 Å². The van der Waals surface area contributed by atoms with E-state index in [1.165, 1.54) is 11.0 Å². The number of carbonyl (C=O) groups is 1. The summed E-state index contributed by atoms with van der Waals surface area (Å²) in [5.74, 6) is 0.0350. The SMILES string of the molecule is C[C@@H](O)CN1CCN(C(=O)[C@@H](Cc2ccccc2)n2cnnn2)CC1. The lowest BCUT2D eigenvalue weighted by Crippen LogP contribution is -2.52. The van der Waals surface area contributed by atoms with E-state index in [1.54, 1.807) is 6.92 Å². The molecule has 1 aromatic heterocycles. The summed E-state index contributed by atoms with van der Waals surface area (Å²) in [5, 5.41) is 20.8. The Balaban J connectivity index is 1.68. The monoisotopic (exact) mass is 344 g/mol. The third kappa shape index (κ3) is 4.61. The number of aliphatic hydroxyl groups excluding tert-OH is 1. The molecule has 0 radical (unpaired) electrons. The van der Waals surface area contributed by atoms with Crippen molar-refractivity contribution in [2.75, 3.05) is 32.7 Å². The van der Waals surface area contributed by atoms with Crippen molar-refractivity contribution in [1.82, 2.24) is 30.0 Å². The molecule has 1 amide bonds. The highest BCUT2D eigenvalue weighted by atomic mass is 16.3. The van der Waals surface area contributed by atoms with Crippen LogP contribution in [0.2, 0.25) is 0 Å². The zero-order valence-corrected chi connectivity index (χ0v) is 14.4. The maximum Gasteiger partial charge on any atom is 0.248 e. The van der Waals surface area contributed by atoms with E-state index < -0.39 is 6.04 Å². The number of piperazine rings is 1. The van der Waals surface area contributed by atoms with Gasteiger partial charge in [0.15, 0.2) is 0 Å². The first-order chi connectivity index (χ1) is 12.1. The van der Waals surface area contributed by atoms with Crippen LogP contribution in [0.25, 0.3) is 0 Å². The number of carbonyl (C=O) groups excluding carboxylic acids is 1. The molecule has 25 heavy (non-hydrogen) atoms. The van der Waals surface area contributed by atoms with Crippen LogP contribution in [0.3, 0.4) is 0 Å². The van der Waals surface area contributed by atoms with E-state index >= 15 is 0 Å². The molecule has 1 aromatic carbocycles. The quantitative estimate of drug-likeness (QED) is 0.793. The van der Waals surface area contributed by atoms with Gasteiger partial charge in [0.25, 0.3) is 0 Å². The van der Waals surface area contributed by atoms with Crippen LogP contribution in [0, 0.1) is 0 Å². The molecule has 1 saturated heterocycles. The van der Waals surface area contributed by atoms with Gasteiger partial charge < -0.3 is 10.0 Å². The highest BCUT2D eigenvalue weighted by Crippen LogP contribution is 2.17. The molecule has 0 bridgehead atoms. The highest BCUT2D eigenvalue weighted by molar-refractivity contribution is 5.80. The highest BCUT2D eigenvalue weighted by Gasteiger charge is 2.29. The average Bonchev–Trinajstić information content (AvgIpc) is 3.14. The number of aromatic nitrogens is 4. The Morgan fingerprint density at radius 2 is 1.92 bits per heavy atom. The molecule has 2 aromatic rings. The number of β-amino-alcohol motifs (C(OH)–C–C–N with tert-alkyl or cyclic N) is 1. The van der Waals surface area contributed by atoms with Crippen molar-refractivity contribution in [3.63, 3.8) is 0 Å². The van der Waals surface area contributed by atoms with Gasteiger partial charge in [0.05, 0.1) is 6.10 Å². The molecule has 134 valence electrons. The van der Waals surface area contributed by atoms with Crippen molar-refractivity contribution in [1.29, 1.82) is 0 Å². The number of benzene rings is 1. The molecule has 2 heterocycles. The predicted octanol–water partition coefficient (Wildman–Crippen LogP) is -0.0181. The molecule has 3 rings (SSSR count). The molecule has 0 saturated carbocycles. The minimum atomic E-state index is -0.444. The Morgan fingerprint density at radius 1 is 1.20 bits per heavy atom. The summed E-state index contributed by atoms with van der Waals surface area (Å²) >= 11 is 0. The number of hydrogen-bond acceptors (Lipinski definition) is 6. The Morgan fingerprint density at radius 3 is 2.52 bits per heavy atom. The van der Waals surface area contributed by atoms with Crippen LogP contribution in [-0.4, -0.2) is 79.8 Å². The first-order valence-corrected chi connectivity index (χ1v) is 8.59. The lowest BCUT2D eigenvalue weighted by Gasteiger charge is -2.36. The lowest BCUT2D eigenvalue weighted by atomic mass is 10.0. The summed E-state index contributed by atoms with van der Waals surface area (Å²) in [4.78, 5) is 17.1. The van der Waals surface area contributed by atoms with Crippen LogP contribution in [0.15, 0.2) is 36.7 Å². The summed E-state index contributed by atoms with van der Waals surface area (Å²) in [5.41, 5.74) is 1.07. The second-order valence-corrected chi connectivity index (χ2v) is 6.47. The second kappa shape index (κ2) is 8.17. The maximum atomic E-state index is 13.1. The molecule has 1 aliphatic rings. The lowest BCUT2D eigenvalue weighted by molar-refractivity contribution is -0.137. The van der Waals surface area contributed by atoms with Gasteiger partial charge in [-0.25, -0.2) is 4.68 Å². The van der Waals surface area contributed by atoms with E-state index in [4.69, 9.17) is 0 Å². The van der Waals surface area contributed by atoms with Crippen LogP contribution < -0.4 is 0 Å². The molecule has 8 nitrogen and oxygen atoms in total. The molecular weight excluding hydrogens is 320 g/mol. The number of tetrazole rings is 1. The molecule has 0 spiro atoms. The smallest absolute Gasteiger partial charge is 0.248 e. The summed E-state index contributed by atoms with van der Waals surface area (Å²) in [7, 11) is 0. The minimum absolute atomic E-state index is 0.0350. The topological polar surface area (TPSA) is 87.4 Å². The molecule has 1 N–H and O–H groups in total. The van der Waals surface area contributed by atoms with E-state index in [0.29, 0.717) is 26.1 Å². The normalized spacial score (nSPS) is 18.1. The van der Waals surface area contributed by atoms with Gasteiger partial charge in [-0.15, -0.1) is 5.10 Å². The summed E-state index contributed by atoms with van der Waals surface area (Å²) in [6, 6.07) is 9.45. The Hall–Kier alpha value is -2.32. The molecule has 0 unspecified atom stereocenters. The van der Waals surface area contributed by atoms with Gasteiger partial charge in [0, 0.05) is 39.1 Å². The van der Waals surface area contributed by atoms with Crippen LogP contribution in [-0.2, 0) is 11.2 Å². The number of amides is 1. The van der Waals surface area contributed by atoms with E-state index in [-0.39, 0.29) is 12.0 Å². The van der Waals surface area contributed by atoms with Gasteiger partial charge >= 0.3 is 0 Å². The van der Waals surface area contributed by atoms with E-state index in [9.17, 15) is 9.90 Å². The molecule has 1 fully saturated rings. The molecule has 1 aliphatic heterocycles. The van der Waals surface area contributed by atoms with Gasteiger partial charge in [-0.2, -0.15) is 0 Å². The van der Waals surface area contributed by atoms with E-state index in [0.717, 1.165) is 18.7 Å². The number of aliphatic hydroxyl groups is 1. The van der Waals surface area contributed by atoms with Crippen LogP contribution >= 0.6 is 0 Å². The summed E-state index contributed by atoms with van der Waals surface area (Å²) in [6.07, 6.45) is 1.70. The van der Waals surface area contributed by atoms with Crippen molar-refractivity contribution in [3.05, 3.63) is 42.2 Å². The van der Waals surface area contributed by atoms with Gasteiger partial charge in [-0.05, 0) is 22.9 Å². The van der Waals surface area contributed by atoms with Crippen molar-refractivity contribution >= 4 is 5.91 Å². The zero-order chi connectivity index (χ0) is 17.6. The molecule has 8 heteroatoms. The standard InChI is InChI=1S/C17H24N6O2/c1-14(24)12-21-7-9-22(10-8-21)17(25)16(23-13-18-19-20-23)11-15-5-3-2-4-6-15/h2-6,13-14,16,24H,7-12H2,1H3/t14-,16-/m1/s1. The average molecular weight is 344 g/mol. The summed E-state index contributed by atoms with van der Waals surface area (Å²) < 4.78 is 1.54. The van der Waals surface area contributed by atoms with Gasteiger partial charge in [-0.1, -0.05) is 30.3 Å². The van der Waals surface area contributed by atoms with E-state index in [1.807, 2.05) is 35.2 Å². The van der Waals surface area contributed by atoms with Crippen LogP contribution in [0.5, 0.6) is 0 Å². The minimum Gasteiger partial charge on any atom is -0.392 e.